The first-order valence-electron chi connectivity index (χ1n) is 3.26. The van der Waals surface area contributed by atoms with Gasteiger partial charge in [-0.2, -0.15) is 0 Å². The van der Waals surface area contributed by atoms with E-state index >= 15 is 0 Å². The Labute approximate surface area is 65.2 Å². The maximum absolute atomic E-state index is 8.80. The van der Waals surface area contributed by atoms with Crippen LogP contribution in [0.1, 0.15) is 11.3 Å². The van der Waals surface area contributed by atoms with E-state index in [1.807, 2.05) is 0 Å². The van der Waals surface area contributed by atoms with E-state index in [1.165, 1.54) is 0 Å². The minimum atomic E-state index is -0.0603. The zero-order valence-electron chi connectivity index (χ0n) is 6.12. The first-order valence-corrected chi connectivity index (χ1v) is 3.26. The number of anilines is 1. The van der Waals surface area contributed by atoms with Gasteiger partial charge in [-0.15, -0.1) is 0 Å². The number of hydrogen-bond acceptors (Lipinski definition) is 3. The highest BCUT2D eigenvalue weighted by atomic mass is 16.3. The lowest BCUT2D eigenvalue weighted by atomic mass is 10.2. The Morgan fingerprint density at radius 3 is 3.00 bits per heavy atom. The third kappa shape index (κ3) is 1.38. The number of nitrogen functional groups attached to an aromatic ring is 1. The average molecular weight is 150 g/mol. The van der Waals surface area contributed by atoms with Crippen molar-refractivity contribution in [1.29, 1.82) is 0 Å². The normalized spacial score (nSPS) is 9.55. The molecule has 0 saturated carbocycles. The Hall–Kier alpha value is -1.35. The van der Waals surface area contributed by atoms with Gasteiger partial charge in [-0.1, -0.05) is 6.58 Å². The van der Waals surface area contributed by atoms with Gasteiger partial charge in [0.25, 0.3) is 0 Å². The molecule has 0 aromatic carbocycles. The molecule has 0 spiro atoms. The average Bonchev–Trinajstić information content (AvgIpc) is 2.05. The molecular weight excluding hydrogens is 140 g/mol. The number of rotatable bonds is 2. The number of nitrogens with two attached hydrogens (primary N) is 1. The number of hydrogen-bond donors (Lipinski definition) is 2. The minimum Gasteiger partial charge on any atom is -0.397 e. The fraction of sp³-hybridized carbons (Fsp3) is 0.125. The molecule has 0 fully saturated rings. The Bertz CT molecular complexity index is 271. The summed E-state index contributed by atoms with van der Waals surface area (Å²) in [6.07, 6.45) is 3.16. The van der Waals surface area contributed by atoms with Crippen molar-refractivity contribution in [3.05, 3.63) is 30.1 Å². The summed E-state index contributed by atoms with van der Waals surface area (Å²) in [7, 11) is 0. The van der Waals surface area contributed by atoms with Gasteiger partial charge in [-0.3, -0.25) is 4.98 Å². The van der Waals surface area contributed by atoms with Crippen LogP contribution in [0.15, 0.2) is 18.8 Å². The fourth-order valence-corrected chi connectivity index (χ4v) is 0.832. The van der Waals surface area contributed by atoms with E-state index in [-0.39, 0.29) is 6.61 Å². The maximum atomic E-state index is 8.80. The van der Waals surface area contributed by atoms with Crippen LogP contribution in [0.4, 0.5) is 5.69 Å². The summed E-state index contributed by atoms with van der Waals surface area (Å²) in [5.74, 6) is 0. The van der Waals surface area contributed by atoms with Crippen molar-refractivity contribution >= 4 is 11.8 Å². The second-order valence-corrected chi connectivity index (χ2v) is 2.13. The highest BCUT2D eigenvalue weighted by molar-refractivity contribution is 5.62. The Kier molecular flexibility index (Phi) is 2.23. The van der Waals surface area contributed by atoms with Gasteiger partial charge in [0.15, 0.2) is 0 Å². The number of nitrogens with zero attached hydrogens (tertiary/aromatic N) is 1. The second-order valence-electron chi connectivity index (χ2n) is 2.13. The van der Waals surface area contributed by atoms with Crippen LogP contribution in [0.2, 0.25) is 0 Å². The molecule has 3 N–H and O–H groups in total. The predicted octanol–water partition coefficient (Wildman–Crippen LogP) is 0.799. The van der Waals surface area contributed by atoms with Crippen LogP contribution in [-0.4, -0.2) is 10.1 Å². The Morgan fingerprint density at radius 2 is 2.45 bits per heavy atom. The standard InChI is InChI=1S/C8H10N2O/c1-2-7-8(9)6(5-11)3-4-10-7/h2-4,11H,1,5,9H2. The fourth-order valence-electron chi connectivity index (χ4n) is 0.832. The summed E-state index contributed by atoms with van der Waals surface area (Å²) in [6, 6.07) is 1.68. The van der Waals surface area contributed by atoms with Gasteiger partial charge in [-0.05, 0) is 12.1 Å². The molecule has 0 amide bonds. The Morgan fingerprint density at radius 1 is 1.73 bits per heavy atom. The number of aliphatic hydroxyl groups excluding tert-OH is 1. The molecule has 58 valence electrons. The van der Waals surface area contributed by atoms with E-state index in [9.17, 15) is 0 Å². The molecule has 0 aliphatic carbocycles. The van der Waals surface area contributed by atoms with Crippen molar-refractivity contribution in [2.45, 2.75) is 6.61 Å². The van der Waals surface area contributed by atoms with E-state index in [2.05, 4.69) is 11.6 Å². The number of aliphatic hydroxyl groups is 1. The first-order chi connectivity index (χ1) is 5.29. The molecule has 0 saturated heterocycles. The van der Waals surface area contributed by atoms with E-state index < -0.39 is 0 Å². The van der Waals surface area contributed by atoms with Crippen molar-refractivity contribution in [1.82, 2.24) is 4.98 Å². The molecule has 11 heavy (non-hydrogen) atoms. The third-order valence-corrected chi connectivity index (χ3v) is 1.47. The molecule has 3 nitrogen and oxygen atoms in total. The van der Waals surface area contributed by atoms with Crippen LogP contribution in [0, 0.1) is 0 Å². The summed E-state index contributed by atoms with van der Waals surface area (Å²) in [5.41, 5.74) is 7.43. The topological polar surface area (TPSA) is 59.1 Å². The van der Waals surface area contributed by atoms with E-state index in [1.54, 1.807) is 18.3 Å². The van der Waals surface area contributed by atoms with E-state index in [0.717, 1.165) is 0 Å². The summed E-state index contributed by atoms with van der Waals surface area (Å²) >= 11 is 0. The van der Waals surface area contributed by atoms with Gasteiger partial charge in [0, 0.05) is 11.8 Å². The highest BCUT2D eigenvalue weighted by Gasteiger charge is 2.00. The third-order valence-electron chi connectivity index (χ3n) is 1.47. The van der Waals surface area contributed by atoms with Crippen molar-refractivity contribution in [2.24, 2.45) is 0 Å². The summed E-state index contributed by atoms with van der Waals surface area (Å²) < 4.78 is 0. The van der Waals surface area contributed by atoms with Crippen LogP contribution < -0.4 is 5.73 Å². The minimum absolute atomic E-state index is 0.0603. The van der Waals surface area contributed by atoms with Crippen LogP contribution >= 0.6 is 0 Å². The first kappa shape index (κ1) is 7.75. The van der Waals surface area contributed by atoms with Gasteiger partial charge in [-0.25, -0.2) is 0 Å². The van der Waals surface area contributed by atoms with E-state index in [4.69, 9.17) is 10.8 Å². The Balaban J connectivity index is 3.20. The van der Waals surface area contributed by atoms with Crippen LogP contribution in [0.5, 0.6) is 0 Å². The number of pyridine rings is 1. The molecular formula is C8H10N2O. The van der Waals surface area contributed by atoms with Gasteiger partial charge in [0.2, 0.25) is 0 Å². The van der Waals surface area contributed by atoms with Crippen molar-refractivity contribution in [2.75, 3.05) is 5.73 Å². The van der Waals surface area contributed by atoms with Gasteiger partial charge >= 0.3 is 0 Å². The highest BCUT2D eigenvalue weighted by Crippen LogP contribution is 2.15. The largest absolute Gasteiger partial charge is 0.397 e. The van der Waals surface area contributed by atoms with Gasteiger partial charge in [0.05, 0.1) is 18.0 Å². The van der Waals surface area contributed by atoms with Gasteiger partial charge < -0.3 is 10.8 Å². The molecule has 1 aromatic rings. The van der Waals surface area contributed by atoms with Crippen molar-refractivity contribution in [3.63, 3.8) is 0 Å². The molecule has 1 aromatic heterocycles. The van der Waals surface area contributed by atoms with Gasteiger partial charge in [0.1, 0.15) is 0 Å². The molecule has 0 aliphatic heterocycles. The lowest BCUT2D eigenvalue weighted by molar-refractivity contribution is 0.282. The van der Waals surface area contributed by atoms with Crippen LogP contribution in [-0.2, 0) is 6.61 Å². The molecule has 3 heteroatoms. The molecule has 1 heterocycles. The zero-order valence-corrected chi connectivity index (χ0v) is 6.12. The lowest BCUT2D eigenvalue weighted by Gasteiger charge is -2.03. The van der Waals surface area contributed by atoms with Crippen LogP contribution in [0.3, 0.4) is 0 Å². The molecule has 1 rings (SSSR count). The maximum Gasteiger partial charge on any atom is 0.0856 e. The number of aromatic nitrogens is 1. The molecule has 0 unspecified atom stereocenters. The van der Waals surface area contributed by atoms with Crippen molar-refractivity contribution in [3.8, 4) is 0 Å². The molecule has 0 aliphatic rings. The second kappa shape index (κ2) is 3.16. The zero-order chi connectivity index (χ0) is 8.27. The summed E-state index contributed by atoms with van der Waals surface area (Å²) in [5, 5.41) is 8.80. The summed E-state index contributed by atoms with van der Waals surface area (Å²) in [6.45, 7) is 3.48. The SMILES string of the molecule is C=Cc1nccc(CO)c1N. The molecule has 0 bridgehead atoms. The summed E-state index contributed by atoms with van der Waals surface area (Å²) in [4.78, 5) is 3.95. The predicted molar refractivity (Wildman–Crippen MR) is 44.7 cm³/mol. The van der Waals surface area contributed by atoms with E-state index in [0.29, 0.717) is 16.9 Å². The quantitative estimate of drug-likeness (QED) is 0.655. The van der Waals surface area contributed by atoms with Crippen LogP contribution in [0.25, 0.3) is 6.08 Å². The monoisotopic (exact) mass is 150 g/mol. The molecule has 0 atom stereocenters. The smallest absolute Gasteiger partial charge is 0.0856 e. The van der Waals surface area contributed by atoms with Crippen molar-refractivity contribution < 1.29 is 5.11 Å². The molecule has 0 radical (unpaired) electrons. The lowest BCUT2D eigenvalue weighted by Crippen LogP contribution is -1.98.